The first-order valence-electron chi connectivity index (χ1n) is 8.51. The van der Waals surface area contributed by atoms with Crippen LogP contribution in [0.25, 0.3) is 33.5 Å². The maximum absolute atomic E-state index is 12.4. The van der Waals surface area contributed by atoms with E-state index in [1.807, 2.05) is 48.5 Å². The lowest BCUT2D eigenvalue weighted by Crippen LogP contribution is -2.09. The van der Waals surface area contributed by atoms with Gasteiger partial charge in [0.1, 0.15) is 0 Å². The monoisotopic (exact) mass is 349 g/mol. The van der Waals surface area contributed by atoms with Gasteiger partial charge in [0.2, 0.25) is 0 Å². The van der Waals surface area contributed by atoms with Crippen LogP contribution in [0, 0.1) is 11.3 Å². The maximum Gasteiger partial charge on any atom is 0.255 e. The SMILES string of the molecule is N#Cc1ccccc1-c1cc(-c2ncccc2-c2ccccc2)c[nH]c1=O. The largest absolute Gasteiger partial charge is 0.328 e. The number of nitriles is 1. The van der Waals surface area contributed by atoms with E-state index in [1.165, 1.54) is 0 Å². The van der Waals surface area contributed by atoms with Gasteiger partial charge >= 0.3 is 0 Å². The molecule has 2 aromatic heterocycles. The van der Waals surface area contributed by atoms with Crippen molar-refractivity contribution in [1.82, 2.24) is 9.97 Å². The van der Waals surface area contributed by atoms with Crippen LogP contribution in [0.2, 0.25) is 0 Å². The summed E-state index contributed by atoms with van der Waals surface area (Å²) in [7, 11) is 0. The molecule has 0 amide bonds. The Balaban J connectivity index is 1.91. The molecule has 0 saturated carbocycles. The summed E-state index contributed by atoms with van der Waals surface area (Å²) in [5.74, 6) is 0. The van der Waals surface area contributed by atoms with Gasteiger partial charge in [0, 0.05) is 34.6 Å². The van der Waals surface area contributed by atoms with E-state index in [4.69, 9.17) is 0 Å². The molecule has 27 heavy (non-hydrogen) atoms. The van der Waals surface area contributed by atoms with E-state index in [0.29, 0.717) is 16.7 Å². The van der Waals surface area contributed by atoms with Crippen molar-refractivity contribution in [2.45, 2.75) is 0 Å². The van der Waals surface area contributed by atoms with Gasteiger partial charge in [-0.3, -0.25) is 9.78 Å². The Kier molecular flexibility index (Phi) is 4.34. The molecule has 0 unspecified atom stereocenters. The number of hydrogen-bond acceptors (Lipinski definition) is 3. The predicted molar refractivity (Wildman–Crippen MR) is 106 cm³/mol. The summed E-state index contributed by atoms with van der Waals surface area (Å²) < 4.78 is 0. The molecule has 0 spiro atoms. The molecule has 0 fully saturated rings. The second kappa shape index (κ2) is 7.11. The van der Waals surface area contributed by atoms with Gasteiger partial charge in [-0.15, -0.1) is 0 Å². The van der Waals surface area contributed by atoms with Crippen LogP contribution in [0.1, 0.15) is 5.56 Å². The molecule has 4 heteroatoms. The van der Waals surface area contributed by atoms with Crippen molar-refractivity contribution in [3.8, 4) is 39.6 Å². The molecule has 4 rings (SSSR count). The van der Waals surface area contributed by atoms with Crippen molar-refractivity contribution in [1.29, 1.82) is 5.26 Å². The topological polar surface area (TPSA) is 69.5 Å². The zero-order valence-corrected chi connectivity index (χ0v) is 14.4. The molecule has 1 N–H and O–H groups in total. The second-order valence-corrected chi connectivity index (χ2v) is 6.05. The standard InChI is InChI=1S/C23H15N3O/c24-14-17-9-4-5-10-19(17)21-13-18(15-26-23(21)27)22-20(11-6-12-25-22)16-7-2-1-3-8-16/h1-13,15H,(H,26,27). The molecule has 4 nitrogen and oxygen atoms in total. The lowest BCUT2D eigenvalue weighted by molar-refractivity contribution is 1.22. The van der Waals surface area contributed by atoms with Crippen LogP contribution >= 0.6 is 0 Å². The summed E-state index contributed by atoms with van der Waals surface area (Å²) in [6, 6.07) is 24.9. The average molecular weight is 349 g/mol. The first-order valence-corrected chi connectivity index (χ1v) is 8.51. The number of nitrogens with zero attached hydrogens (tertiary/aromatic N) is 2. The summed E-state index contributed by atoms with van der Waals surface area (Å²) in [5, 5.41) is 9.38. The van der Waals surface area contributed by atoms with E-state index in [0.717, 1.165) is 22.4 Å². The van der Waals surface area contributed by atoms with Crippen molar-refractivity contribution in [2.75, 3.05) is 0 Å². The Morgan fingerprint density at radius 2 is 1.56 bits per heavy atom. The summed E-state index contributed by atoms with van der Waals surface area (Å²) >= 11 is 0. The third-order valence-electron chi connectivity index (χ3n) is 4.41. The number of pyridine rings is 2. The highest BCUT2D eigenvalue weighted by atomic mass is 16.1. The Bertz CT molecular complexity index is 1200. The van der Waals surface area contributed by atoms with E-state index >= 15 is 0 Å². The highest BCUT2D eigenvalue weighted by Crippen LogP contribution is 2.31. The molecular weight excluding hydrogens is 334 g/mol. The molecule has 0 bridgehead atoms. The Labute approximate surface area is 156 Å². The number of benzene rings is 2. The number of rotatable bonds is 3. The van der Waals surface area contributed by atoms with Crippen LogP contribution in [0.5, 0.6) is 0 Å². The van der Waals surface area contributed by atoms with Gasteiger partial charge in [-0.25, -0.2) is 0 Å². The molecule has 2 heterocycles. The van der Waals surface area contributed by atoms with Gasteiger partial charge < -0.3 is 4.98 Å². The van der Waals surface area contributed by atoms with E-state index < -0.39 is 0 Å². The van der Waals surface area contributed by atoms with Gasteiger partial charge in [-0.1, -0.05) is 54.6 Å². The molecule has 0 aliphatic carbocycles. The van der Waals surface area contributed by atoms with Crippen molar-refractivity contribution < 1.29 is 0 Å². The molecule has 0 saturated heterocycles. The van der Waals surface area contributed by atoms with Gasteiger partial charge in [0.05, 0.1) is 17.3 Å². The van der Waals surface area contributed by atoms with Crippen molar-refractivity contribution >= 4 is 0 Å². The average Bonchev–Trinajstić information content (AvgIpc) is 2.75. The maximum atomic E-state index is 12.4. The van der Waals surface area contributed by atoms with Crippen molar-refractivity contribution in [3.63, 3.8) is 0 Å². The summed E-state index contributed by atoms with van der Waals surface area (Å²) in [6.45, 7) is 0. The lowest BCUT2D eigenvalue weighted by Gasteiger charge is -2.10. The van der Waals surface area contributed by atoms with E-state index in [1.54, 1.807) is 36.7 Å². The van der Waals surface area contributed by atoms with Crippen LogP contribution in [0.3, 0.4) is 0 Å². The normalized spacial score (nSPS) is 10.3. The van der Waals surface area contributed by atoms with Crippen molar-refractivity contribution in [3.05, 3.63) is 101 Å². The fourth-order valence-electron chi connectivity index (χ4n) is 3.12. The van der Waals surface area contributed by atoms with Crippen LogP contribution in [0.4, 0.5) is 0 Å². The van der Waals surface area contributed by atoms with E-state index in [9.17, 15) is 10.1 Å². The highest BCUT2D eigenvalue weighted by Gasteiger charge is 2.13. The third kappa shape index (κ3) is 3.14. The minimum Gasteiger partial charge on any atom is -0.328 e. The zero-order valence-electron chi connectivity index (χ0n) is 14.4. The molecule has 0 radical (unpaired) electrons. The fraction of sp³-hybridized carbons (Fsp3) is 0. The molecular formula is C23H15N3O. The highest BCUT2D eigenvalue weighted by molar-refractivity contribution is 5.82. The zero-order chi connectivity index (χ0) is 18.6. The summed E-state index contributed by atoms with van der Waals surface area (Å²) in [4.78, 5) is 19.8. The molecule has 4 aromatic rings. The first-order chi connectivity index (χ1) is 13.3. The lowest BCUT2D eigenvalue weighted by atomic mass is 9.97. The Hall–Kier alpha value is -3.97. The Morgan fingerprint density at radius 3 is 2.37 bits per heavy atom. The quantitative estimate of drug-likeness (QED) is 0.586. The number of hydrogen-bond donors (Lipinski definition) is 1. The van der Waals surface area contributed by atoms with Crippen molar-refractivity contribution in [2.24, 2.45) is 0 Å². The van der Waals surface area contributed by atoms with Crippen LogP contribution < -0.4 is 5.56 Å². The minimum atomic E-state index is -0.237. The van der Waals surface area contributed by atoms with Gasteiger partial charge in [-0.05, 0) is 23.8 Å². The molecule has 0 aliphatic rings. The summed E-state index contributed by atoms with van der Waals surface area (Å²) in [5.41, 5.74) is 4.88. The minimum absolute atomic E-state index is 0.237. The smallest absolute Gasteiger partial charge is 0.255 e. The van der Waals surface area contributed by atoms with E-state index in [2.05, 4.69) is 16.0 Å². The van der Waals surface area contributed by atoms with Gasteiger partial charge in [0.25, 0.3) is 5.56 Å². The third-order valence-corrected chi connectivity index (χ3v) is 4.41. The van der Waals surface area contributed by atoms with Crippen LogP contribution in [-0.4, -0.2) is 9.97 Å². The summed E-state index contributed by atoms with van der Waals surface area (Å²) in [6.07, 6.45) is 3.39. The Morgan fingerprint density at radius 1 is 0.815 bits per heavy atom. The predicted octanol–water partition coefficient (Wildman–Crippen LogP) is 4.64. The number of aromatic nitrogens is 2. The number of nitrogens with one attached hydrogen (secondary N) is 1. The number of aromatic amines is 1. The molecule has 2 aromatic carbocycles. The molecule has 0 atom stereocenters. The van der Waals surface area contributed by atoms with E-state index in [-0.39, 0.29) is 5.56 Å². The fourth-order valence-corrected chi connectivity index (χ4v) is 3.12. The second-order valence-electron chi connectivity index (χ2n) is 6.05. The number of H-pyrrole nitrogens is 1. The van der Waals surface area contributed by atoms with Gasteiger partial charge in [0.15, 0.2) is 0 Å². The van der Waals surface area contributed by atoms with Crippen LogP contribution in [-0.2, 0) is 0 Å². The van der Waals surface area contributed by atoms with Crippen LogP contribution in [0.15, 0.2) is 90.0 Å². The molecule has 128 valence electrons. The first kappa shape index (κ1) is 16.5. The van der Waals surface area contributed by atoms with Gasteiger partial charge in [-0.2, -0.15) is 5.26 Å². The molecule has 0 aliphatic heterocycles.